The molecule has 1 heterocycles. The molecular weight excluding hydrogens is 246 g/mol. The monoisotopic (exact) mass is 273 g/mol. The molecule has 0 radical (unpaired) electrons. The van der Waals surface area contributed by atoms with Crippen LogP contribution in [0.15, 0.2) is 30.3 Å². The van der Waals surface area contributed by atoms with Crippen molar-refractivity contribution in [1.29, 1.82) is 0 Å². The molecule has 1 saturated heterocycles. The van der Waals surface area contributed by atoms with Crippen LogP contribution in [-0.2, 0) is 10.3 Å². The maximum Gasteiger partial charge on any atom is 0.0573 e. The third-order valence-corrected chi connectivity index (χ3v) is 5.37. The summed E-state index contributed by atoms with van der Waals surface area (Å²) in [5, 5.41) is 0. The van der Waals surface area contributed by atoms with Crippen molar-refractivity contribution in [3.05, 3.63) is 35.9 Å². The first-order valence-electron chi connectivity index (χ1n) is 8.18. The molecule has 1 aliphatic carbocycles. The van der Waals surface area contributed by atoms with E-state index in [0.29, 0.717) is 6.10 Å². The summed E-state index contributed by atoms with van der Waals surface area (Å²) in [5.41, 5.74) is 1.80. The first kappa shape index (κ1) is 14.1. The van der Waals surface area contributed by atoms with Gasteiger partial charge < -0.3 is 4.74 Å². The Morgan fingerprint density at radius 2 is 1.65 bits per heavy atom. The number of benzene rings is 1. The molecule has 2 aliphatic rings. The summed E-state index contributed by atoms with van der Waals surface area (Å²) in [7, 11) is 1.86. The van der Waals surface area contributed by atoms with Gasteiger partial charge in [0.2, 0.25) is 0 Å². The van der Waals surface area contributed by atoms with Crippen LogP contribution in [-0.4, -0.2) is 31.2 Å². The van der Waals surface area contributed by atoms with Gasteiger partial charge in [-0.1, -0.05) is 36.8 Å². The van der Waals surface area contributed by atoms with Gasteiger partial charge in [-0.15, -0.1) is 0 Å². The van der Waals surface area contributed by atoms with Crippen molar-refractivity contribution in [2.24, 2.45) is 0 Å². The zero-order chi connectivity index (χ0) is 13.8. The minimum absolute atomic E-state index is 0.275. The molecule has 0 atom stereocenters. The van der Waals surface area contributed by atoms with E-state index in [1.165, 1.54) is 63.6 Å². The summed E-state index contributed by atoms with van der Waals surface area (Å²) in [6.45, 7) is 2.54. The van der Waals surface area contributed by atoms with Crippen LogP contribution in [0.25, 0.3) is 0 Å². The minimum atomic E-state index is 0.275. The Balaban J connectivity index is 1.87. The van der Waals surface area contributed by atoms with Gasteiger partial charge in [-0.2, -0.15) is 0 Å². The van der Waals surface area contributed by atoms with Crippen molar-refractivity contribution in [3.8, 4) is 0 Å². The van der Waals surface area contributed by atoms with Crippen LogP contribution < -0.4 is 0 Å². The molecule has 110 valence electrons. The van der Waals surface area contributed by atoms with Crippen molar-refractivity contribution in [3.63, 3.8) is 0 Å². The molecule has 1 saturated carbocycles. The lowest BCUT2D eigenvalue weighted by Gasteiger charge is -2.50. The maximum atomic E-state index is 5.59. The highest BCUT2D eigenvalue weighted by atomic mass is 16.5. The Morgan fingerprint density at radius 3 is 2.25 bits per heavy atom. The lowest BCUT2D eigenvalue weighted by Crippen LogP contribution is -2.51. The SMILES string of the molecule is COC1CCC(c2ccccc2)(N2CCCCC2)CC1. The Bertz CT molecular complexity index is 403. The topological polar surface area (TPSA) is 12.5 Å². The third kappa shape index (κ3) is 2.64. The molecule has 1 aromatic carbocycles. The summed E-state index contributed by atoms with van der Waals surface area (Å²) in [6.07, 6.45) is 9.48. The standard InChI is InChI=1S/C18H27NO/c1-20-17-10-12-18(13-11-17,16-8-4-2-5-9-16)19-14-6-3-7-15-19/h2,4-5,8-9,17H,3,6-7,10-15H2,1H3. The Hall–Kier alpha value is -0.860. The predicted octanol–water partition coefficient (Wildman–Crippen LogP) is 3.96. The molecule has 2 nitrogen and oxygen atoms in total. The first-order valence-corrected chi connectivity index (χ1v) is 8.18. The van der Waals surface area contributed by atoms with Crippen molar-refractivity contribution in [2.75, 3.05) is 20.2 Å². The molecule has 0 N–H and O–H groups in total. The minimum Gasteiger partial charge on any atom is -0.381 e. The zero-order valence-electron chi connectivity index (χ0n) is 12.7. The van der Waals surface area contributed by atoms with Crippen LogP contribution >= 0.6 is 0 Å². The maximum absolute atomic E-state index is 5.59. The highest BCUT2D eigenvalue weighted by molar-refractivity contribution is 5.26. The second-order valence-corrected chi connectivity index (χ2v) is 6.38. The molecular formula is C18H27NO. The van der Waals surface area contributed by atoms with E-state index in [0.717, 1.165) is 0 Å². The van der Waals surface area contributed by atoms with Gasteiger partial charge in [0.05, 0.1) is 6.10 Å². The number of likely N-dealkylation sites (tertiary alicyclic amines) is 1. The van der Waals surface area contributed by atoms with Crippen LogP contribution in [0.4, 0.5) is 0 Å². The Kier molecular flexibility index (Phi) is 4.42. The molecule has 1 aromatic rings. The van der Waals surface area contributed by atoms with Gasteiger partial charge in [0.15, 0.2) is 0 Å². The smallest absolute Gasteiger partial charge is 0.0573 e. The fraction of sp³-hybridized carbons (Fsp3) is 0.667. The molecule has 0 bridgehead atoms. The van der Waals surface area contributed by atoms with Crippen LogP contribution in [0.5, 0.6) is 0 Å². The molecule has 2 fully saturated rings. The second-order valence-electron chi connectivity index (χ2n) is 6.38. The molecule has 2 heteroatoms. The quantitative estimate of drug-likeness (QED) is 0.826. The van der Waals surface area contributed by atoms with E-state index in [2.05, 4.69) is 35.2 Å². The van der Waals surface area contributed by atoms with Crippen LogP contribution in [0, 0.1) is 0 Å². The van der Waals surface area contributed by atoms with Crippen molar-refractivity contribution in [1.82, 2.24) is 4.90 Å². The van der Waals surface area contributed by atoms with E-state index in [1.54, 1.807) is 0 Å². The Morgan fingerprint density at radius 1 is 1.00 bits per heavy atom. The number of hydrogen-bond donors (Lipinski definition) is 0. The fourth-order valence-corrected chi connectivity index (χ4v) is 4.16. The lowest BCUT2D eigenvalue weighted by atomic mass is 9.73. The van der Waals surface area contributed by atoms with Gasteiger partial charge >= 0.3 is 0 Å². The van der Waals surface area contributed by atoms with Gasteiger partial charge in [0.25, 0.3) is 0 Å². The van der Waals surface area contributed by atoms with Crippen molar-refractivity contribution in [2.45, 2.75) is 56.6 Å². The number of rotatable bonds is 3. The van der Waals surface area contributed by atoms with Gasteiger partial charge in [-0.05, 0) is 57.2 Å². The summed E-state index contributed by atoms with van der Waals surface area (Å²) >= 11 is 0. The first-order chi connectivity index (χ1) is 9.85. The Labute approximate surface area is 123 Å². The second kappa shape index (κ2) is 6.28. The highest BCUT2D eigenvalue weighted by Crippen LogP contribution is 2.44. The normalized spacial score (nSPS) is 32.1. The summed E-state index contributed by atoms with van der Waals surface area (Å²) in [6, 6.07) is 11.2. The average molecular weight is 273 g/mol. The van der Waals surface area contributed by atoms with E-state index in [9.17, 15) is 0 Å². The number of hydrogen-bond acceptors (Lipinski definition) is 2. The fourth-order valence-electron chi connectivity index (χ4n) is 4.16. The summed E-state index contributed by atoms with van der Waals surface area (Å²) in [4.78, 5) is 2.78. The van der Waals surface area contributed by atoms with Gasteiger partial charge in [-0.25, -0.2) is 0 Å². The molecule has 3 rings (SSSR count). The van der Waals surface area contributed by atoms with Gasteiger partial charge in [0, 0.05) is 12.6 Å². The van der Waals surface area contributed by atoms with Crippen LogP contribution in [0.3, 0.4) is 0 Å². The number of nitrogens with zero attached hydrogens (tertiary/aromatic N) is 1. The number of methoxy groups -OCH3 is 1. The van der Waals surface area contributed by atoms with Gasteiger partial charge in [-0.3, -0.25) is 4.90 Å². The third-order valence-electron chi connectivity index (χ3n) is 5.37. The van der Waals surface area contributed by atoms with E-state index in [1.807, 2.05) is 7.11 Å². The molecule has 0 aromatic heterocycles. The van der Waals surface area contributed by atoms with Crippen molar-refractivity contribution < 1.29 is 4.74 Å². The number of piperidine rings is 1. The molecule has 0 unspecified atom stereocenters. The summed E-state index contributed by atoms with van der Waals surface area (Å²) < 4.78 is 5.59. The predicted molar refractivity (Wildman–Crippen MR) is 82.8 cm³/mol. The highest BCUT2D eigenvalue weighted by Gasteiger charge is 2.41. The van der Waals surface area contributed by atoms with Gasteiger partial charge in [0.1, 0.15) is 0 Å². The van der Waals surface area contributed by atoms with E-state index in [-0.39, 0.29) is 5.54 Å². The molecule has 0 amide bonds. The molecule has 20 heavy (non-hydrogen) atoms. The molecule has 1 aliphatic heterocycles. The zero-order valence-corrected chi connectivity index (χ0v) is 12.7. The van der Waals surface area contributed by atoms with E-state index in [4.69, 9.17) is 4.74 Å². The molecule has 0 spiro atoms. The van der Waals surface area contributed by atoms with Crippen LogP contribution in [0.2, 0.25) is 0 Å². The van der Waals surface area contributed by atoms with E-state index >= 15 is 0 Å². The van der Waals surface area contributed by atoms with Crippen LogP contribution in [0.1, 0.15) is 50.5 Å². The summed E-state index contributed by atoms with van der Waals surface area (Å²) in [5.74, 6) is 0. The average Bonchev–Trinajstić information content (AvgIpc) is 2.56. The lowest BCUT2D eigenvalue weighted by molar-refractivity contribution is -0.0218. The largest absolute Gasteiger partial charge is 0.381 e. The van der Waals surface area contributed by atoms with Crippen molar-refractivity contribution >= 4 is 0 Å². The number of ether oxygens (including phenoxy) is 1. The van der Waals surface area contributed by atoms with E-state index < -0.39 is 0 Å².